The van der Waals surface area contributed by atoms with Crippen LogP contribution in [0.5, 0.6) is 5.75 Å². The minimum Gasteiger partial charge on any atom is -0.497 e. The summed E-state index contributed by atoms with van der Waals surface area (Å²) >= 11 is 0. The van der Waals surface area contributed by atoms with Gasteiger partial charge in [-0.1, -0.05) is 24.3 Å². The lowest BCUT2D eigenvalue weighted by atomic mass is 9.93. The number of fused-ring (bicyclic) bond motifs is 1. The van der Waals surface area contributed by atoms with Crippen LogP contribution < -0.4 is 15.8 Å². The number of halogens is 1. The van der Waals surface area contributed by atoms with Crippen molar-refractivity contribution >= 4 is 11.9 Å². The van der Waals surface area contributed by atoms with E-state index in [9.17, 15) is 4.39 Å². The molecule has 6 nitrogen and oxygen atoms in total. The minimum atomic E-state index is -0.261. The SMILES string of the molecule is COc1ccc([C@H]2C[C@@H](c3ccc(F)cc3)n3nc(N)nc3N2)cc1. The third kappa shape index (κ3) is 2.88. The van der Waals surface area contributed by atoms with Gasteiger partial charge in [-0.2, -0.15) is 4.98 Å². The van der Waals surface area contributed by atoms with Crippen LogP contribution >= 0.6 is 0 Å². The molecule has 0 amide bonds. The van der Waals surface area contributed by atoms with Crippen LogP contribution in [0.15, 0.2) is 48.5 Å². The number of benzene rings is 2. The lowest BCUT2D eigenvalue weighted by Crippen LogP contribution is -2.28. The lowest BCUT2D eigenvalue weighted by Gasteiger charge is -2.31. The van der Waals surface area contributed by atoms with Gasteiger partial charge in [0.1, 0.15) is 11.6 Å². The molecule has 25 heavy (non-hydrogen) atoms. The molecule has 2 aromatic carbocycles. The molecule has 0 unspecified atom stereocenters. The predicted octanol–water partition coefficient (Wildman–Crippen LogP) is 3.15. The number of aromatic nitrogens is 3. The Balaban J connectivity index is 1.71. The second-order valence-corrected chi connectivity index (χ2v) is 6.01. The number of ether oxygens (including phenoxy) is 1. The van der Waals surface area contributed by atoms with Crippen molar-refractivity contribution in [2.45, 2.75) is 18.5 Å². The molecule has 1 aliphatic heterocycles. The molecule has 1 aliphatic rings. The Hall–Kier alpha value is -3.09. The predicted molar refractivity (Wildman–Crippen MR) is 92.9 cm³/mol. The van der Waals surface area contributed by atoms with Gasteiger partial charge in [0.25, 0.3) is 0 Å². The summed E-state index contributed by atoms with van der Waals surface area (Å²) in [6.07, 6.45) is 0.744. The molecule has 0 fully saturated rings. The van der Waals surface area contributed by atoms with Gasteiger partial charge in [0.2, 0.25) is 11.9 Å². The Morgan fingerprint density at radius 2 is 1.80 bits per heavy atom. The van der Waals surface area contributed by atoms with Crippen LogP contribution in [-0.4, -0.2) is 21.9 Å². The van der Waals surface area contributed by atoms with E-state index in [1.165, 1.54) is 12.1 Å². The summed E-state index contributed by atoms with van der Waals surface area (Å²) in [4.78, 5) is 4.27. The highest BCUT2D eigenvalue weighted by atomic mass is 19.1. The maximum atomic E-state index is 13.3. The normalized spacial score (nSPS) is 19.1. The van der Waals surface area contributed by atoms with Gasteiger partial charge in [-0.3, -0.25) is 0 Å². The third-order valence-corrected chi connectivity index (χ3v) is 4.48. The van der Waals surface area contributed by atoms with Gasteiger partial charge < -0.3 is 15.8 Å². The molecule has 7 heteroatoms. The van der Waals surface area contributed by atoms with Crippen molar-refractivity contribution in [3.8, 4) is 5.75 Å². The van der Waals surface area contributed by atoms with Crippen molar-refractivity contribution in [3.63, 3.8) is 0 Å². The highest BCUT2D eigenvalue weighted by Crippen LogP contribution is 2.38. The zero-order chi connectivity index (χ0) is 17.4. The largest absolute Gasteiger partial charge is 0.497 e. The summed E-state index contributed by atoms with van der Waals surface area (Å²) in [7, 11) is 1.64. The van der Waals surface area contributed by atoms with Crippen LogP contribution in [0.25, 0.3) is 0 Å². The van der Waals surface area contributed by atoms with Crippen molar-refractivity contribution in [3.05, 3.63) is 65.5 Å². The average Bonchev–Trinajstić information content (AvgIpc) is 3.02. The van der Waals surface area contributed by atoms with Crippen molar-refractivity contribution in [1.29, 1.82) is 0 Å². The fourth-order valence-electron chi connectivity index (χ4n) is 3.21. The van der Waals surface area contributed by atoms with Crippen molar-refractivity contribution < 1.29 is 9.13 Å². The number of nitrogens with one attached hydrogen (secondary N) is 1. The molecule has 0 saturated carbocycles. The fraction of sp³-hybridized carbons (Fsp3) is 0.222. The molecule has 3 N–H and O–H groups in total. The van der Waals surface area contributed by atoms with E-state index in [1.807, 2.05) is 24.3 Å². The minimum absolute atomic E-state index is 0.0389. The van der Waals surface area contributed by atoms with Crippen molar-refractivity contribution in [2.75, 3.05) is 18.2 Å². The van der Waals surface area contributed by atoms with Crippen LogP contribution in [0.1, 0.15) is 29.6 Å². The van der Waals surface area contributed by atoms with Crippen LogP contribution in [-0.2, 0) is 0 Å². The van der Waals surface area contributed by atoms with Gasteiger partial charge in [0, 0.05) is 0 Å². The molecule has 2 atom stereocenters. The van der Waals surface area contributed by atoms with Gasteiger partial charge in [-0.05, 0) is 41.8 Å². The molecule has 0 spiro atoms. The first-order chi connectivity index (χ1) is 12.1. The van der Waals surface area contributed by atoms with E-state index in [0.717, 1.165) is 23.3 Å². The molecular weight excluding hydrogens is 321 g/mol. The number of hydrogen-bond acceptors (Lipinski definition) is 5. The van der Waals surface area contributed by atoms with E-state index in [1.54, 1.807) is 23.9 Å². The zero-order valence-corrected chi connectivity index (χ0v) is 13.7. The lowest BCUT2D eigenvalue weighted by molar-refractivity contribution is 0.413. The van der Waals surface area contributed by atoms with E-state index in [4.69, 9.17) is 10.5 Å². The average molecular weight is 339 g/mol. The first-order valence-corrected chi connectivity index (χ1v) is 8.02. The van der Waals surface area contributed by atoms with Crippen molar-refractivity contribution in [2.24, 2.45) is 0 Å². The number of methoxy groups -OCH3 is 1. The summed E-state index contributed by atoms with van der Waals surface area (Å²) in [5.74, 6) is 1.37. The quantitative estimate of drug-likeness (QED) is 0.766. The second kappa shape index (κ2) is 6.08. The van der Waals surface area contributed by atoms with Gasteiger partial charge in [-0.25, -0.2) is 9.07 Å². The van der Waals surface area contributed by atoms with Crippen LogP contribution in [0.4, 0.5) is 16.3 Å². The monoisotopic (exact) mass is 339 g/mol. The number of hydrogen-bond donors (Lipinski definition) is 2. The highest BCUT2D eigenvalue weighted by molar-refractivity contribution is 5.42. The van der Waals surface area contributed by atoms with Gasteiger partial charge in [-0.15, -0.1) is 5.10 Å². The number of nitrogen functional groups attached to an aromatic ring is 1. The molecule has 128 valence electrons. The Bertz CT molecular complexity index is 875. The topological polar surface area (TPSA) is 78.0 Å². The maximum Gasteiger partial charge on any atom is 0.241 e. The fourth-order valence-corrected chi connectivity index (χ4v) is 3.21. The summed E-state index contributed by atoms with van der Waals surface area (Å²) in [5, 5.41) is 7.67. The maximum absolute atomic E-state index is 13.3. The zero-order valence-electron chi connectivity index (χ0n) is 13.7. The molecule has 0 bridgehead atoms. The molecule has 4 rings (SSSR count). The molecule has 0 radical (unpaired) electrons. The first-order valence-electron chi connectivity index (χ1n) is 8.02. The van der Waals surface area contributed by atoms with Gasteiger partial charge in [0.05, 0.1) is 19.2 Å². The third-order valence-electron chi connectivity index (χ3n) is 4.48. The molecular formula is C18H18FN5O. The number of nitrogens with two attached hydrogens (primary N) is 1. The van der Waals surface area contributed by atoms with Crippen LogP contribution in [0.2, 0.25) is 0 Å². The standard InChI is InChI=1S/C18H18FN5O/c1-25-14-8-4-11(5-9-14)15-10-16(12-2-6-13(19)7-3-12)24-18(21-15)22-17(20)23-24/h2-9,15-16H,10H2,1H3,(H3,20,21,22,23)/t15-,16+/m1/s1. The number of nitrogens with zero attached hydrogens (tertiary/aromatic N) is 3. The summed E-state index contributed by atoms with van der Waals surface area (Å²) in [6.45, 7) is 0. The van der Waals surface area contributed by atoms with E-state index >= 15 is 0 Å². The number of anilines is 2. The summed E-state index contributed by atoms with van der Waals surface area (Å²) in [5.41, 5.74) is 7.86. The molecule has 0 aliphatic carbocycles. The van der Waals surface area contributed by atoms with Gasteiger partial charge in [0.15, 0.2) is 0 Å². The molecule has 2 heterocycles. The Morgan fingerprint density at radius 1 is 1.12 bits per heavy atom. The Kier molecular flexibility index (Phi) is 3.76. The van der Waals surface area contributed by atoms with E-state index in [-0.39, 0.29) is 23.8 Å². The second-order valence-electron chi connectivity index (χ2n) is 6.01. The summed E-state index contributed by atoms with van der Waals surface area (Å²) in [6, 6.07) is 14.3. The first kappa shape index (κ1) is 15.4. The Morgan fingerprint density at radius 3 is 2.48 bits per heavy atom. The number of rotatable bonds is 3. The smallest absolute Gasteiger partial charge is 0.241 e. The van der Waals surface area contributed by atoms with Crippen LogP contribution in [0.3, 0.4) is 0 Å². The Labute approximate surface area is 144 Å². The molecule has 3 aromatic rings. The van der Waals surface area contributed by atoms with Crippen molar-refractivity contribution in [1.82, 2.24) is 14.8 Å². The molecule has 0 saturated heterocycles. The van der Waals surface area contributed by atoms with Crippen LogP contribution in [0, 0.1) is 5.82 Å². The summed E-state index contributed by atoms with van der Waals surface area (Å²) < 4.78 is 20.3. The van der Waals surface area contributed by atoms with Gasteiger partial charge >= 0.3 is 0 Å². The van der Waals surface area contributed by atoms with E-state index in [2.05, 4.69) is 15.4 Å². The van der Waals surface area contributed by atoms with E-state index < -0.39 is 0 Å². The van der Waals surface area contributed by atoms with E-state index in [0.29, 0.717) is 5.95 Å². The molecule has 1 aromatic heterocycles. The highest BCUT2D eigenvalue weighted by Gasteiger charge is 2.30.